The van der Waals surface area contributed by atoms with Crippen LogP contribution in [0.3, 0.4) is 0 Å². The van der Waals surface area contributed by atoms with Crippen molar-refractivity contribution in [3.05, 3.63) is 22.7 Å². The first kappa shape index (κ1) is 12.2. The molecule has 1 saturated heterocycles. The van der Waals surface area contributed by atoms with Crippen molar-refractivity contribution in [2.24, 2.45) is 0 Å². The maximum absolute atomic E-state index is 11.9. The number of halogens is 1. The number of nitrogen functional groups attached to an aromatic ring is 1. The fourth-order valence-electron chi connectivity index (χ4n) is 1.59. The Labute approximate surface area is 108 Å². The number of nitrogens with zero attached hydrogens (tertiary/aromatic N) is 1. The van der Waals surface area contributed by atoms with E-state index < -0.39 is 0 Å². The number of carbonyl (C=O) groups is 1. The lowest BCUT2D eigenvalue weighted by Crippen LogP contribution is -2.43. The molecule has 1 heterocycles. The molecule has 2 rings (SSSR count). The van der Waals surface area contributed by atoms with Gasteiger partial charge < -0.3 is 20.7 Å². The number of hydrogen-bond acceptors (Lipinski definition) is 3. The molecule has 0 atom stereocenters. The van der Waals surface area contributed by atoms with Crippen molar-refractivity contribution in [3.8, 4) is 0 Å². The Bertz CT molecular complexity index is 419. The SMILES string of the molecule is Nc1cc(NC(=O)N2CCOCC2)ccc1Br. The molecular weight excluding hydrogens is 286 g/mol. The van der Waals surface area contributed by atoms with Crippen molar-refractivity contribution in [2.75, 3.05) is 37.4 Å². The van der Waals surface area contributed by atoms with Gasteiger partial charge in [0.15, 0.2) is 0 Å². The third kappa shape index (κ3) is 3.10. The minimum atomic E-state index is -0.116. The van der Waals surface area contributed by atoms with Gasteiger partial charge in [-0.15, -0.1) is 0 Å². The van der Waals surface area contributed by atoms with Crippen molar-refractivity contribution >= 4 is 33.3 Å². The third-order valence-electron chi connectivity index (χ3n) is 2.55. The molecule has 0 spiro atoms. The summed E-state index contributed by atoms with van der Waals surface area (Å²) in [6.07, 6.45) is 0. The standard InChI is InChI=1S/C11H14BrN3O2/c12-9-2-1-8(7-10(9)13)14-11(16)15-3-5-17-6-4-15/h1-2,7H,3-6,13H2,(H,14,16). The van der Waals surface area contributed by atoms with Crippen LogP contribution in [0.2, 0.25) is 0 Å². The first-order valence-corrected chi connectivity index (χ1v) is 6.15. The van der Waals surface area contributed by atoms with Crippen molar-refractivity contribution in [1.29, 1.82) is 0 Å². The number of anilines is 2. The van der Waals surface area contributed by atoms with E-state index in [2.05, 4.69) is 21.2 Å². The topological polar surface area (TPSA) is 67.6 Å². The lowest BCUT2D eigenvalue weighted by atomic mass is 10.3. The molecule has 0 bridgehead atoms. The van der Waals surface area contributed by atoms with E-state index >= 15 is 0 Å². The molecule has 0 saturated carbocycles. The zero-order valence-corrected chi connectivity index (χ0v) is 10.9. The van der Waals surface area contributed by atoms with Gasteiger partial charge >= 0.3 is 6.03 Å². The van der Waals surface area contributed by atoms with E-state index in [1.165, 1.54) is 0 Å². The zero-order valence-electron chi connectivity index (χ0n) is 9.28. The van der Waals surface area contributed by atoms with Gasteiger partial charge in [-0.3, -0.25) is 0 Å². The largest absolute Gasteiger partial charge is 0.398 e. The van der Waals surface area contributed by atoms with Crippen LogP contribution in [-0.4, -0.2) is 37.2 Å². The monoisotopic (exact) mass is 299 g/mol. The van der Waals surface area contributed by atoms with E-state index in [-0.39, 0.29) is 6.03 Å². The van der Waals surface area contributed by atoms with Crippen LogP contribution in [0.4, 0.5) is 16.2 Å². The van der Waals surface area contributed by atoms with Crippen molar-refractivity contribution < 1.29 is 9.53 Å². The van der Waals surface area contributed by atoms with Gasteiger partial charge in [-0.2, -0.15) is 0 Å². The van der Waals surface area contributed by atoms with E-state index in [1.54, 1.807) is 17.0 Å². The number of nitrogens with one attached hydrogen (secondary N) is 1. The number of carbonyl (C=O) groups excluding carboxylic acids is 1. The number of nitrogens with two attached hydrogens (primary N) is 1. The summed E-state index contributed by atoms with van der Waals surface area (Å²) in [5.74, 6) is 0. The molecule has 1 aromatic carbocycles. The normalized spacial score (nSPS) is 15.7. The first-order valence-electron chi connectivity index (χ1n) is 5.35. The number of amides is 2. The molecule has 6 heteroatoms. The molecule has 0 radical (unpaired) electrons. The number of urea groups is 1. The Kier molecular flexibility index (Phi) is 3.86. The fourth-order valence-corrected chi connectivity index (χ4v) is 1.84. The second kappa shape index (κ2) is 5.37. The van der Waals surface area contributed by atoms with E-state index in [4.69, 9.17) is 10.5 Å². The Morgan fingerprint density at radius 3 is 2.76 bits per heavy atom. The molecule has 1 fully saturated rings. The Morgan fingerprint density at radius 2 is 2.12 bits per heavy atom. The molecule has 1 aromatic rings. The Balaban J connectivity index is 1.99. The lowest BCUT2D eigenvalue weighted by Gasteiger charge is -2.27. The number of morpholine rings is 1. The van der Waals surface area contributed by atoms with E-state index in [9.17, 15) is 4.79 Å². The molecule has 2 amide bonds. The molecule has 92 valence electrons. The van der Waals surface area contributed by atoms with Gasteiger partial charge in [0.2, 0.25) is 0 Å². The molecular formula is C11H14BrN3O2. The van der Waals surface area contributed by atoms with Crippen molar-refractivity contribution in [3.63, 3.8) is 0 Å². The highest BCUT2D eigenvalue weighted by atomic mass is 79.9. The van der Waals surface area contributed by atoms with Crippen LogP contribution in [0.1, 0.15) is 0 Å². The summed E-state index contributed by atoms with van der Waals surface area (Å²) in [6, 6.07) is 5.22. The van der Waals surface area contributed by atoms with Gasteiger partial charge in [-0.05, 0) is 34.1 Å². The second-order valence-electron chi connectivity index (χ2n) is 3.77. The van der Waals surface area contributed by atoms with Gasteiger partial charge in [-0.25, -0.2) is 4.79 Å². The van der Waals surface area contributed by atoms with Crippen LogP contribution in [-0.2, 0) is 4.74 Å². The molecule has 5 nitrogen and oxygen atoms in total. The van der Waals surface area contributed by atoms with Gasteiger partial charge in [0, 0.05) is 28.9 Å². The summed E-state index contributed by atoms with van der Waals surface area (Å²) in [6.45, 7) is 2.43. The second-order valence-corrected chi connectivity index (χ2v) is 4.62. The van der Waals surface area contributed by atoms with Crippen molar-refractivity contribution in [1.82, 2.24) is 4.90 Å². The minimum Gasteiger partial charge on any atom is -0.398 e. The maximum Gasteiger partial charge on any atom is 0.322 e. The van der Waals surface area contributed by atoms with Gasteiger partial charge in [0.25, 0.3) is 0 Å². The lowest BCUT2D eigenvalue weighted by molar-refractivity contribution is 0.0564. The summed E-state index contributed by atoms with van der Waals surface area (Å²) in [7, 11) is 0. The average molecular weight is 300 g/mol. The summed E-state index contributed by atoms with van der Waals surface area (Å²) >= 11 is 3.31. The molecule has 1 aliphatic rings. The number of rotatable bonds is 1. The van der Waals surface area contributed by atoms with Crippen LogP contribution in [0.5, 0.6) is 0 Å². The molecule has 1 aliphatic heterocycles. The number of ether oxygens (including phenoxy) is 1. The number of benzene rings is 1. The Morgan fingerprint density at radius 1 is 1.41 bits per heavy atom. The predicted octanol–water partition coefficient (Wildman–Crippen LogP) is 1.90. The predicted molar refractivity (Wildman–Crippen MR) is 70.0 cm³/mol. The van der Waals surface area contributed by atoms with Crippen LogP contribution in [0.15, 0.2) is 22.7 Å². The van der Waals surface area contributed by atoms with E-state index in [0.29, 0.717) is 37.7 Å². The van der Waals surface area contributed by atoms with Crippen LogP contribution in [0, 0.1) is 0 Å². The fraction of sp³-hybridized carbons (Fsp3) is 0.364. The van der Waals surface area contributed by atoms with Crippen molar-refractivity contribution in [2.45, 2.75) is 0 Å². The van der Waals surface area contributed by atoms with Gasteiger partial charge in [0.1, 0.15) is 0 Å². The smallest absolute Gasteiger partial charge is 0.322 e. The van der Waals surface area contributed by atoms with Crippen LogP contribution >= 0.6 is 15.9 Å². The van der Waals surface area contributed by atoms with Gasteiger partial charge in [0.05, 0.1) is 13.2 Å². The summed E-state index contributed by atoms with van der Waals surface area (Å²) in [4.78, 5) is 13.6. The molecule has 0 aliphatic carbocycles. The average Bonchev–Trinajstić information content (AvgIpc) is 2.35. The highest BCUT2D eigenvalue weighted by Gasteiger charge is 2.16. The molecule has 17 heavy (non-hydrogen) atoms. The summed E-state index contributed by atoms with van der Waals surface area (Å²) in [5.41, 5.74) is 7.04. The quantitative estimate of drug-likeness (QED) is 0.778. The van der Waals surface area contributed by atoms with E-state index in [0.717, 1.165) is 4.47 Å². The maximum atomic E-state index is 11.9. The van der Waals surface area contributed by atoms with Crippen LogP contribution < -0.4 is 11.1 Å². The Hall–Kier alpha value is -1.27. The highest BCUT2D eigenvalue weighted by molar-refractivity contribution is 9.10. The molecule has 0 aromatic heterocycles. The minimum absolute atomic E-state index is 0.116. The first-order chi connectivity index (χ1) is 8.16. The summed E-state index contributed by atoms with van der Waals surface area (Å²) < 4.78 is 6.01. The molecule has 0 unspecified atom stereocenters. The highest BCUT2D eigenvalue weighted by Crippen LogP contribution is 2.23. The number of hydrogen-bond donors (Lipinski definition) is 2. The van der Waals surface area contributed by atoms with Gasteiger partial charge in [-0.1, -0.05) is 0 Å². The van der Waals surface area contributed by atoms with Crippen LogP contribution in [0.25, 0.3) is 0 Å². The molecule has 3 N–H and O–H groups in total. The third-order valence-corrected chi connectivity index (χ3v) is 3.27. The zero-order chi connectivity index (χ0) is 12.3. The van der Waals surface area contributed by atoms with E-state index in [1.807, 2.05) is 6.07 Å². The summed E-state index contributed by atoms with van der Waals surface area (Å²) in [5, 5.41) is 2.81.